The molecule has 27 heavy (non-hydrogen) atoms. The van der Waals surface area contributed by atoms with E-state index >= 15 is 0 Å². The number of hydrogen-bond donors (Lipinski definition) is 0. The van der Waals surface area contributed by atoms with Gasteiger partial charge in [-0.2, -0.15) is 4.31 Å². The van der Waals surface area contributed by atoms with E-state index in [-0.39, 0.29) is 4.90 Å². The molecular formula is C20H25ClN2O3S. The predicted octanol–water partition coefficient (Wildman–Crippen LogP) is 3.47. The highest BCUT2D eigenvalue weighted by Crippen LogP contribution is 2.36. The van der Waals surface area contributed by atoms with Crippen molar-refractivity contribution in [1.82, 2.24) is 9.21 Å². The molecule has 0 amide bonds. The molecule has 1 heterocycles. The van der Waals surface area contributed by atoms with Gasteiger partial charge in [0.25, 0.3) is 0 Å². The maximum Gasteiger partial charge on any atom is 0.247 e. The number of rotatable bonds is 5. The van der Waals surface area contributed by atoms with Crippen molar-refractivity contribution in [2.45, 2.75) is 25.3 Å². The van der Waals surface area contributed by atoms with Gasteiger partial charge >= 0.3 is 0 Å². The Morgan fingerprint density at radius 3 is 2.30 bits per heavy atom. The summed E-state index contributed by atoms with van der Waals surface area (Å²) in [7, 11) is -2.19. The quantitative estimate of drug-likeness (QED) is 0.760. The first-order valence-corrected chi connectivity index (χ1v) is 10.8. The third kappa shape index (κ3) is 4.14. The first-order valence-electron chi connectivity index (χ1n) is 8.94. The van der Waals surface area contributed by atoms with E-state index in [4.69, 9.17) is 16.3 Å². The minimum Gasteiger partial charge on any atom is -0.495 e. The molecule has 0 N–H and O–H groups in total. The molecule has 3 rings (SSSR count). The van der Waals surface area contributed by atoms with Crippen molar-refractivity contribution in [3.8, 4) is 5.75 Å². The Morgan fingerprint density at radius 1 is 1.07 bits per heavy atom. The largest absolute Gasteiger partial charge is 0.495 e. The summed E-state index contributed by atoms with van der Waals surface area (Å²) in [5.74, 6) is 0.348. The number of hydrogen-bond acceptors (Lipinski definition) is 4. The Labute approximate surface area is 166 Å². The van der Waals surface area contributed by atoms with Crippen LogP contribution in [0.3, 0.4) is 0 Å². The van der Waals surface area contributed by atoms with Gasteiger partial charge < -0.3 is 4.74 Å². The van der Waals surface area contributed by atoms with Crippen LogP contribution in [0.4, 0.5) is 0 Å². The van der Waals surface area contributed by atoms with E-state index < -0.39 is 10.0 Å². The number of nitrogens with zero attached hydrogens (tertiary/aromatic N) is 2. The van der Waals surface area contributed by atoms with E-state index in [1.165, 1.54) is 17.0 Å². The molecule has 2 aromatic rings. The molecule has 5 nitrogen and oxygen atoms in total. The van der Waals surface area contributed by atoms with E-state index in [0.717, 1.165) is 12.1 Å². The monoisotopic (exact) mass is 408 g/mol. The van der Waals surface area contributed by atoms with Crippen LogP contribution in [-0.2, 0) is 16.6 Å². The summed E-state index contributed by atoms with van der Waals surface area (Å²) in [6.07, 6.45) is 0. The highest BCUT2D eigenvalue weighted by molar-refractivity contribution is 7.89. The molecule has 0 radical (unpaired) electrons. The number of benzene rings is 2. The molecule has 2 aromatic carbocycles. The Bertz CT molecular complexity index is 909. The molecule has 1 fully saturated rings. The lowest BCUT2D eigenvalue weighted by Crippen LogP contribution is -2.48. The molecule has 1 saturated heterocycles. The van der Waals surface area contributed by atoms with Crippen LogP contribution in [0.15, 0.2) is 41.3 Å². The first-order chi connectivity index (χ1) is 12.8. The summed E-state index contributed by atoms with van der Waals surface area (Å²) in [6.45, 7) is 6.68. The van der Waals surface area contributed by atoms with Gasteiger partial charge in [0.15, 0.2) is 0 Å². The van der Waals surface area contributed by atoms with Crippen LogP contribution in [0.1, 0.15) is 16.7 Å². The molecule has 0 atom stereocenters. The number of sulfonamides is 1. The molecule has 7 heteroatoms. The molecule has 146 valence electrons. The van der Waals surface area contributed by atoms with Gasteiger partial charge in [0.05, 0.1) is 7.11 Å². The maximum absolute atomic E-state index is 13.3. The van der Waals surface area contributed by atoms with Crippen LogP contribution in [0.25, 0.3) is 0 Å². The summed E-state index contributed by atoms with van der Waals surface area (Å²) in [5.41, 5.74) is 2.58. The van der Waals surface area contributed by atoms with Gasteiger partial charge in [0.2, 0.25) is 10.0 Å². The summed E-state index contributed by atoms with van der Waals surface area (Å²) < 4.78 is 33.5. The third-order valence-electron chi connectivity index (χ3n) is 4.99. The summed E-state index contributed by atoms with van der Waals surface area (Å²) >= 11 is 6.32. The maximum atomic E-state index is 13.3. The van der Waals surface area contributed by atoms with Gasteiger partial charge in [-0.25, -0.2) is 8.42 Å². The molecule has 0 unspecified atom stereocenters. The molecule has 1 aliphatic rings. The van der Waals surface area contributed by atoms with E-state index in [0.29, 0.717) is 42.5 Å². The third-order valence-corrected chi connectivity index (χ3v) is 7.64. The number of piperazine rings is 1. The smallest absolute Gasteiger partial charge is 0.247 e. The number of halogens is 1. The van der Waals surface area contributed by atoms with Gasteiger partial charge in [-0.05, 0) is 36.6 Å². The molecule has 0 aliphatic carbocycles. The minimum absolute atomic E-state index is 0.178. The van der Waals surface area contributed by atoms with Gasteiger partial charge in [-0.3, -0.25) is 4.90 Å². The molecule has 0 spiro atoms. The topological polar surface area (TPSA) is 49.9 Å². The SMILES string of the molecule is COc1cc(C)c(Cl)c(C)c1S(=O)(=O)N1CCN(Cc2ccccc2)CC1. The van der Waals surface area contributed by atoms with Gasteiger partial charge in [0, 0.05) is 37.7 Å². The zero-order valence-electron chi connectivity index (χ0n) is 15.9. The zero-order chi connectivity index (χ0) is 19.6. The van der Waals surface area contributed by atoms with Crippen LogP contribution >= 0.6 is 11.6 Å². The lowest BCUT2D eigenvalue weighted by molar-refractivity contribution is 0.181. The van der Waals surface area contributed by atoms with Crippen molar-refractivity contribution >= 4 is 21.6 Å². The fourth-order valence-corrected chi connectivity index (χ4v) is 5.47. The van der Waals surface area contributed by atoms with Crippen LogP contribution in [0.2, 0.25) is 5.02 Å². The van der Waals surface area contributed by atoms with Crippen LogP contribution in [0, 0.1) is 13.8 Å². The molecule has 0 aromatic heterocycles. The number of ether oxygens (including phenoxy) is 1. The number of methoxy groups -OCH3 is 1. The van der Waals surface area contributed by atoms with Crippen LogP contribution < -0.4 is 4.74 Å². The van der Waals surface area contributed by atoms with Crippen molar-refractivity contribution in [2.75, 3.05) is 33.3 Å². The van der Waals surface area contributed by atoms with Gasteiger partial charge in [-0.15, -0.1) is 0 Å². The second-order valence-electron chi connectivity index (χ2n) is 6.83. The fourth-order valence-electron chi connectivity index (χ4n) is 3.48. The lowest BCUT2D eigenvalue weighted by atomic mass is 10.1. The summed E-state index contributed by atoms with van der Waals surface area (Å²) in [6, 6.07) is 11.9. The Kier molecular flexibility index (Phi) is 6.11. The molecular weight excluding hydrogens is 384 g/mol. The van der Waals surface area contributed by atoms with Crippen molar-refractivity contribution in [2.24, 2.45) is 0 Å². The highest BCUT2D eigenvalue weighted by Gasteiger charge is 2.33. The van der Waals surface area contributed by atoms with Gasteiger partial charge in [-0.1, -0.05) is 41.9 Å². The van der Waals surface area contributed by atoms with Crippen molar-refractivity contribution in [1.29, 1.82) is 0 Å². The van der Waals surface area contributed by atoms with Crippen molar-refractivity contribution < 1.29 is 13.2 Å². The fraction of sp³-hybridized carbons (Fsp3) is 0.400. The summed E-state index contributed by atoms with van der Waals surface area (Å²) in [4.78, 5) is 2.45. The normalized spacial score (nSPS) is 16.4. The average molecular weight is 409 g/mol. The zero-order valence-corrected chi connectivity index (χ0v) is 17.5. The summed E-state index contributed by atoms with van der Waals surface area (Å²) in [5, 5.41) is 0.470. The standard InChI is InChI=1S/C20H25ClN2O3S/c1-15-13-18(26-3)20(16(2)19(15)21)27(24,25)23-11-9-22(10-12-23)14-17-7-5-4-6-8-17/h4-8,13H,9-12,14H2,1-3H3. The average Bonchev–Trinajstić information content (AvgIpc) is 2.66. The molecule has 0 bridgehead atoms. The lowest BCUT2D eigenvalue weighted by Gasteiger charge is -2.34. The van der Waals surface area contributed by atoms with E-state index in [1.807, 2.05) is 25.1 Å². The second kappa shape index (κ2) is 8.19. The van der Waals surface area contributed by atoms with E-state index in [9.17, 15) is 8.42 Å². The minimum atomic E-state index is -3.67. The van der Waals surface area contributed by atoms with Crippen LogP contribution in [0.5, 0.6) is 5.75 Å². The Balaban J connectivity index is 1.79. The molecule has 0 saturated carbocycles. The van der Waals surface area contributed by atoms with E-state index in [1.54, 1.807) is 13.0 Å². The Morgan fingerprint density at radius 2 is 1.70 bits per heavy atom. The highest BCUT2D eigenvalue weighted by atomic mass is 35.5. The van der Waals surface area contributed by atoms with Crippen molar-refractivity contribution in [3.63, 3.8) is 0 Å². The number of aryl methyl sites for hydroxylation is 1. The second-order valence-corrected chi connectivity index (χ2v) is 9.08. The van der Waals surface area contributed by atoms with E-state index in [2.05, 4.69) is 17.0 Å². The first kappa shape index (κ1) is 20.1. The Hall–Kier alpha value is -1.60. The molecule has 1 aliphatic heterocycles. The van der Waals surface area contributed by atoms with Crippen LogP contribution in [-0.4, -0.2) is 50.9 Å². The van der Waals surface area contributed by atoms with Crippen molar-refractivity contribution in [3.05, 3.63) is 58.1 Å². The predicted molar refractivity (Wildman–Crippen MR) is 108 cm³/mol. The van der Waals surface area contributed by atoms with Gasteiger partial charge in [0.1, 0.15) is 10.6 Å².